The van der Waals surface area contributed by atoms with Crippen LogP contribution in [-0.4, -0.2) is 6.79 Å². The number of ether oxygens (including phenoxy) is 2. The smallest absolute Gasteiger partial charge is 0.229 e. The maximum absolute atomic E-state index is 4.54. The predicted molar refractivity (Wildman–Crippen MR) is 42.6 cm³/mol. The van der Waals surface area contributed by atoms with Gasteiger partial charge in [-0.3, -0.25) is 0 Å². The third kappa shape index (κ3) is 4.03. The van der Waals surface area contributed by atoms with Gasteiger partial charge in [-0.25, -0.2) is 0 Å². The molecule has 2 rings (SSSR count). The van der Waals surface area contributed by atoms with Crippen molar-refractivity contribution in [1.82, 2.24) is 0 Å². The molecule has 0 fully saturated rings. The first-order chi connectivity index (χ1) is 5.50. The van der Waals surface area contributed by atoms with Gasteiger partial charge in [0.25, 0.3) is 0 Å². The highest BCUT2D eigenvalue weighted by atomic mass is 16.7. The summed E-state index contributed by atoms with van der Waals surface area (Å²) in [7, 11) is 0. The summed E-state index contributed by atoms with van der Waals surface area (Å²) in [5, 5.41) is 0. The summed E-state index contributed by atoms with van der Waals surface area (Å²) >= 11 is 0. The molecule has 1 aromatic carbocycles. The van der Waals surface area contributed by atoms with Gasteiger partial charge in [0.1, 0.15) is 12.5 Å². The van der Waals surface area contributed by atoms with E-state index >= 15 is 0 Å². The van der Waals surface area contributed by atoms with Gasteiger partial charge in [0.2, 0.25) is 6.79 Å². The minimum absolute atomic E-state index is 0.389. The Bertz CT molecular complexity index is 161. The van der Waals surface area contributed by atoms with Crippen LogP contribution in [0.3, 0.4) is 0 Å². The predicted octanol–water partition coefficient (Wildman–Crippen LogP) is 2.15. The molecule has 0 saturated heterocycles. The summed E-state index contributed by atoms with van der Waals surface area (Å²) in [6.45, 7) is 0.389. The Balaban J connectivity index is 0.000000112. The first-order valence-electron chi connectivity index (χ1n) is 3.38. The first-order valence-corrected chi connectivity index (χ1v) is 3.38. The lowest BCUT2D eigenvalue weighted by Crippen LogP contribution is -1.75. The Morgan fingerprint density at radius 3 is 1.18 bits per heavy atom. The van der Waals surface area contributed by atoms with Crippen molar-refractivity contribution in [2.75, 3.05) is 6.79 Å². The van der Waals surface area contributed by atoms with E-state index in [2.05, 4.69) is 9.47 Å². The fourth-order valence-electron chi connectivity index (χ4n) is 0.581. The second-order valence-electron chi connectivity index (χ2n) is 1.88. The van der Waals surface area contributed by atoms with Crippen molar-refractivity contribution < 1.29 is 9.47 Å². The molecule has 11 heavy (non-hydrogen) atoms. The van der Waals surface area contributed by atoms with Gasteiger partial charge >= 0.3 is 0 Å². The van der Waals surface area contributed by atoms with Gasteiger partial charge in [-0.15, -0.1) is 0 Å². The van der Waals surface area contributed by atoms with Gasteiger partial charge in [-0.2, -0.15) is 0 Å². The molecule has 0 atom stereocenters. The minimum atomic E-state index is 0.389. The summed E-state index contributed by atoms with van der Waals surface area (Å²) in [5.74, 6) is 0. The first kappa shape index (κ1) is 7.66. The molecule has 0 unspecified atom stereocenters. The van der Waals surface area contributed by atoms with Gasteiger partial charge in [0.05, 0.1) is 0 Å². The number of rotatable bonds is 0. The molecule has 0 amide bonds. The molecule has 1 heterocycles. The van der Waals surface area contributed by atoms with E-state index in [1.165, 1.54) is 12.5 Å². The van der Waals surface area contributed by atoms with Crippen LogP contribution >= 0.6 is 0 Å². The average molecular weight is 150 g/mol. The molecule has 1 aromatic rings. The molecule has 2 nitrogen and oxygen atoms in total. The van der Waals surface area contributed by atoms with Crippen LogP contribution in [0.2, 0.25) is 0 Å². The van der Waals surface area contributed by atoms with Crippen molar-refractivity contribution in [3.05, 3.63) is 48.9 Å². The van der Waals surface area contributed by atoms with Gasteiger partial charge in [0.15, 0.2) is 0 Å². The molecule has 0 aliphatic carbocycles. The lowest BCUT2D eigenvalue weighted by atomic mass is 10.4. The minimum Gasteiger partial charge on any atom is -0.462 e. The molecule has 58 valence electrons. The second kappa shape index (κ2) is 5.35. The topological polar surface area (TPSA) is 18.5 Å². The van der Waals surface area contributed by atoms with E-state index < -0.39 is 0 Å². The van der Waals surface area contributed by atoms with E-state index in [-0.39, 0.29) is 0 Å². The van der Waals surface area contributed by atoms with Crippen molar-refractivity contribution in [1.29, 1.82) is 0 Å². The van der Waals surface area contributed by atoms with Crippen molar-refractivity contribution in [3.63, 3.8) is 0 Å². The van der Waals surface area contributed by atoms with Crippen molar-refractivity contribution in [2.45, 2.75) is 0 Å². The molecule has 1 aliphatic rings. The average Bonchev–Trinajstić information content (AvgIpc) is 2.64. The summed E-state index contributed by atoms with van der Waals surface area (Å²) in [6.07, 6.45) is 3.03. The van der Waals surface area contributed by atoms with Crippen molar-refractivity contribution >= 4 is 0 Å². The Hall–Kier alpha value is -1.44. The van der Waals surface area contributed by atoms with E-state index in [9.17, 15) is 0 Å². The Kier molecular flexibility index (Phi) is 3.73. The molecule has 0 radical (unpaired) electrons. The molecular weight excluding hydrogens is 140 g/mol. The highest BCUT2D eigenvalue weighted by molar-refractivity contribution is 4.99. The van der Waals surface area contributed by atoms with E-state index in [1.54, 1.807) is 0 Å². The standard InChI is InChI=1S/C6H6.C3H4O2/c1-2-4-6-5-3-1;1-2-5-3-4-1/h1-6H;1-2H,3H2. The van der Waals surface area contributed by atoms with Crippen LogP contribution in [0, 0.1) is 0 Å². The van der Waals surface area contributed by atoms with Crippen LogP contribution in [0.25, 0.3) is 0 Å². The zero-order valence-corrected chi connectivity index (χ0v) is 6.14. The van der Waals surface area contributed by atoms with E-state index in [4.69, 9.17) is 0 Å². The van der Waals surface area contributed by atoms with Gasteiger partial charge in [-0.05, 0) is 0 Å². The van der Waals surface area contributed by atoms with Crippen LogP contribution in [-0.2, 0) is 9.47 Å². The summed E-state index contributed by atoms with van der Waals surface area (Å²) in [5.41, 5.74) is 0. The molecule has 0 N–H and O–H groups in total. The van der Waals surface area contributed by atoms with E-state index in [0.717, 1.165) is 0 Å². The highest BCUT2D eigenvalue weighted by Crippen LogP contribution is 1.88. The molecule has 1 aliphatic heterocycles. The number of hydrogen-bond acceptors (Lipinski definition) is 2. The van der Waals surface area contributed by atoms with Crippen molar-refractivity contribution in [3.8, 4) is 0 Å². The van der Waals surface area contributed by atoms with Gasteiger partial charge < -0.3 is 9.47 Å². The Morgan fingerprint density at radius 1 is 0.636 bits per heavy atom. The lowest BCUT2D eigenvalue weighted by Gasteiger charge is -1.82. The molecule has 0 bridgehead atoms. The maximum atomic E-state index is 4.54. The molecule has 0 spiro atoms. The molecular formula is C9H10O2. The molecule has 0 saturated carbocycles. The highest BCUT2D eigenvalue weighted by Gasteiger charge is 1.82. The maximum Gasteiger partial charge on any atom is 0.229 e. The van der Waals surface area contributed by atoms with Crippen LogP contribution in [0.4, 0.5) is 0 Å². The number of benzene rings is 1. The quantitative estimate of drug-likeness (QED) is 0.564. The fraction of sp³-hybridized carbons (Fsp3) is 0.111. The SMILES string of the molecule is C1=COCO1.c1ccccc1. The monoisotopic (exact) mass is 150 g/mol. The summed E-state index contributed by atoms with van der Waals surface area (Å²) < 4.78 is 9.08. The van der Waals surface area contributed by atoms with Crippen LogP contribution < -0.4 is 0 Å². The third-order valence-electron chi connectivity index (χ3n) is 1.05. The van der Waals surface area contributed by atoms with Gasteiger partial charge in [0, 0.05) is 0 Å². The van der Waals surface area contributed by atoms with Gasteiger partial charge in [-0.1, -0.05) is 36.4 Å². The summed E-state index contributed by atoms with van der Waals surface area (Å²) in [4.78, 5) is 0. The Morgan fingerprint density at radius 2 is 1.00 bits per heavy atom. The Labute approximate surface area is 66.1 Å². The molecule has 0 aromatic heterocycles. The van der Waals surface area contributed by atoms with E-state index in [1.807, 2.05) is 36.4 Å². The largest absolute Gasteiger partial charge is 0.462 e. The summed E-state index contributed by atoms with van der Waals surface area (Å²) in [6, 6.07) is 12.0. The lowest BCUT2D eigenvalue weighted by molar-refractivity contribution is 0.0920. The number of hydrogen-bond donors (Lipinski definition) is 0. The van der Waals surface area contributed by atoms with Crippen LogP contribution in [0.5, 0.6) is 0 Å². The fourth-order valence-corrected chi connectivity index (χ4v) is 0.581. The zero-order valence-electron chi connectivity index (χ0n) is 6.14. The zero-order chi connectivity index (χ0) is 7.78. The van der Waals surface area contributed by atoms with Crippen LogP contribution in [0.1, 0.15) is 0 Å². The second-order valence-corrected chi connectivity index (χ2v) is 1.88. The molecule has 2 heteroatoms. The third-order valence-corrected chi connectivity index (χ3v) is 1.05. The van der Waals surface area contributed by atoms with E-state index in [0.29, 0.717) is 6.79 Å². The normalized spacial score (nSPS) is 12.4. The van der Waals surface area contributed by atoms with Crippen molar-refractivity contribution in [2.24, 2.45) is 0 Å². The van der Waals surface area contributed by atoms with Crippen LogP contribution in [0.15, 0.2) is 48.9 Å².